The molecule has 1 saturated carbocycles. The largest absolute Gasteiger partial charge is 0.310 e. The summed E-state index contributed by atoms with van der Waals surface area (Å²) in [7, 11) is 0. The van der Waals surface area contributed by atoms with Crippen LogP contribution >= 0.6 is 0 Å². The average molecular weight is 268 g/mol. The number of benzene rings is 1. The van der Waals surface area contributed by atoms with Crippen LogP contribution in [0.4, 0.5) is 0 Å². The molecule has 0 spiro atoms. The summed E-state index contributed by atoms with van der Waals surface area (Å²) in [5.41, 5.74) is 3.61. The second kappa shape index (κ2) is 5.92. The fourth-order valence-electron chi connectivity index (χ4n) is 2.81. The fourth-order valence-corrected chi connectivity index (χ4v) is 2.81. The number of hydrogen-bond acceptors (Lipinski definition) is 2. The van der Waals surface area contributed by atoms with E-state index < -0.39 is 0 Å². The van der Waals surface area contributed by atoms with Crippen LogP contribution in [0.5, 0.6) is 0 Å². The van der Waals surface area contributed by atoms with Crippen molar-refractivity contribution in [3.05, 3.63) is 41.6 Å². The first-order valence-corrected chi connectivity index (χ1v) is 7.87. The molecular formula is C18H24N2. The molecule has 1 atom stereocenters. The van der Waals surface area contributed by atoms with E-state index in [-0.39, 0.29) is 0 Å². The van der Waals surface area contributed by atoms with Crippen LogP contribution in [0.3, 0.4) is 0 Å². The molecule has 2 aromatic rings. The molecule has 0 saturated heterocycles. The third-order valence-corrected chi connectivity index (χ3v) is 4.16. The van der Waals surface area contributed by atoms with Crippen LogP contribution in [-0.2, 0) is 0 Å². The summed E-state index contributed by atoms with van der Waals surface area (Å²) in [5.74, 6) is 0.941. The summed E-state index contributed by atoms with van der Waals surface area (Å²) < 4.78 is 0. The second-order valence-corrected chi connectivity index (χ2v) is 6.09. The van der Waals surface area contributed by atoms with Crippen molar-refractivity contribution >= 4 is 10.9 Å². The normalized spacial score (nSPS) is 16.5. The molecule has 1 aliphatic rings. The van der Waals surface area contributed by atoms with Crippen molar-refractivity contribution in [2.75, 3.05) is 6.54 Å². The lowest BCUT2D eigenvalue weighted by molar-refractivity contribution is 0.474. The Bertz CT molecular complexity index is 587. The van der Waals surface area contributed by atoms with Gasteiger partial charge in [0, 0.05) is 17.1 Å². The molecule has 2 nitrogen and oxygen atoms in total. The molecule has 0 aliphatic heterocycles. The molecule has 0 bridgehead atoms. The van der Waals surface area contributed by atoms with Crippen LogP contribution in [0.15, 0.2) is 30.3 Å². The van der Waals surface area contributed by atoms with E-state index in [4.69, 9.17) is 0 Å². The molecule has 2 heteroatoms. The zero-order chi connectivity index (χ0) is 13.9. The van der Waals surface area contributed by atoms with Crippen LogP contribution in [0.1, 0.15) is 49.9 Å². The molecule has 106 valence electrons. The van der Waals surface area contributed by atoms with Gasteiger partial charge in [-0.15, -0.1) is 0 Å². The third-order valence-electron chi connectivity index (χ3n) is 4.16. The van der Waals surface area contributed by atoms with Crippen molar-refractivity contribution < 1.29 is 0 Å². The van der Waals surface area contributed by atoms with Gasteiger partial charge in [0.2, 0.25) is 0 Å². The topological polar surface area (TPSA) is 24.9 Å². The summed E-state index contributed by atoms with van der Waals surface area (Å²) in [6.45, 7) is 5.38. The molecule has 1 aromatic carbocycles. The minimum Gasteiger partial charge on any atom is -0.310 e. The van der Waals surface area contributed by atoms with Gasteiger partial charge in [-0.05, 0) is 56.0 Å². The van der Waals surface area contributed by atoms with Crippen LogP contribution < -0.4 is 5.32 Å². The zero-order valence-corrected chi connectivity index (χ0v) is 12.5. The Morgan fingerprint density at radius 2 is 2.10 bits per heavy atom. The Balaban J connectivity index is 1.86. The lowest BCUT2D eigenvalue weighted by Gasteiger charge is -2.19. The highest BCUT2D eigenvalue weighted by Gasteiger charge is 2.26. The lowest BCUT2D eigenvalue weighted by atomic mass is 9.99. The van der Waals surface area contributed by atoms with E-state index in [9.17, 15) is 0 Å². The van der Waals surface area contributed by atoms with Crippen molar-refractivity contribution in [2.24, 2.45) is 5.92 Å². The number of aromatic nitrogens is 1. The van der Waals surface area contributed by atoms with Crippen molar-refractivity contribution in [2.45, 2.75) is 45.6 Å². The predicted octanol–water partition coefficient (Wildman–Crippen LogP) is 4.38. The fraction of sp³-hybridized carbons (Fsp3) is 0.500. The van der Waals surface area contributed by atoms with Gasteiger partial charge in [-0.1, -0.05) is 31.9 Å². The first-order chi connectivity index (χ1) is 9.76. The molecule has 20 heavy (non-hydrogen) atoms. The van der Waals surface area contributed by atoms with E-state index in [1.54, 1.807) is 0 Å². The Kier molecular flexibility index (Phi) is 4.02. The Labute approximate surface area is 121 Å². The van der Waals surface area contributed by atoms with Gasteiger partial charge >= 0.3 is 0 Å². The Morgan fingerprint density at radius 1 is 1.25 bits per heavy atom. The number of nitrogens with zero attached hydrogens (tertiary/aromatic N) is 1. The summed E-state index contributed by atoms with van der Waals surface area (Å²) in [6.07, 6.45) is 5.30. The number of nitrogens with one attached hydrogen (secondary N) is 1. The van der Waals surface area contributed by atoms with Gasteiger partial charge in [-0.25, -0.2) is 0 Å². The van der Waals surface area contributed by atoms with Gasteiger partial charge in [0.05, 0.1) is 5.52 Å². The highest BCUT2D eigenvalue weighted by Crippen LogP contribution is 2.38. The van der Waals surface area contributed by atoms with Crippen LogP contribution in [0, 0.1) is 12.8 Å². The number of hydrogen-bond donors (Lipinski definition) is 1. The predicted molar refractivity (Wildman–Crippen MR) is 84.9 cm³/mol. The molecular weight excluding hydrogens is 244 g/mol. The molecule has 1 N–H and O–H groups in total. The van der Waals surface area contributed by atoms with Crippen molar-refractivity contribution in [1.82, 2.24) is 10.3 Å². The molecule has 1 heterocycles. The summed E-state index contributed by atoms with van der Waals surface area (Å²) in [5, 5.41) is 4.97. The third kappa shape index (κ3) is 3.18. The van der Waals surface area contributed by atoms with Crippen molar-refractivity contribution in [1.29, 1.82) is 0 Å². The van der Waals surface area contributed by atoms with Gasteiger partial charge < -0.3 is 5.32 Å². The van der Waals surface area contributed by atoms with E-state index in [2.05, 4.69) is 47.6 Å². The number of rotatable bonds is 6. The molecule has 1 aromatic heterocycles. The van der Waals surface area contributed by atoms with Gasteiger partial charge in [0.15, 0.2) is 0 Å². The Morgan fingerprint density at radius 3 is 2.85 bits per heavy atom. The number of aryl methyl sites for hydroxylation is 1. The quantitative estimate of drug-likeness (QED) is 0.840. The van der Waals surface area contributed by atoms with E-state index in [1.165, 1.54) is 36.6 Å². The highest BCUT2D eigenvalue weighted by molar-refractivity contribution is 5.79. The van der Waals surface area contributed by atoms with Crippen LogP contribution in [-0.4, -0.2) is 11.5 Å². The zero-order valence-electron chi connectivity index (χ0n) is 12.5. The second-order valence-electron chi connectivity index (χ2n) is 6.09. The maximum Gasteiger partial charge on any atom is 0.0705 e. The average Bonchev–Trinajstić information content (AvgIpc) is 3.27. The van der Waals surface area contributed by atoms with Crippen LogP contribution in [0.2, 0.25) is 0 Å². The first-order valence-electron chi connectivity index (χ1n) is 7.87. The van der Waals surface area contributed by atoms with Gasteiger partial charge in [0.25, 0.3) is 0 Å². The first kappa shape index (κ1) is 13.6. The van der Waals surface area contributed by atoms with Gasteiger partial charge in [-0.2, -0.15) is 0 Å². The van der Waals surface area contributed by atoms with Crippen molar-refractivity contribution in [3.63, 3.8) is 0 Å². The monoisotopic (exact) mass is 268 g/mol. The summed E-state index contributed by atoms with van der Waals surface area (Å²) >= 11 is 0. The van der Waals surface area contributed by atoms with Crippen molar-refractivity contribution in [3.8, 4) is 0 Å². The maximum atomic E-state index is 4.59. The SMILES string of the molecule is CCCNC(CC1CC1)c1ccc2nc(C)ccc2c1. The highest BCUT2D eigenvalue weighted by atomic mass is 14.9. The minimum absolute atomic E-state index is 0.508. The Hall–Kier alpha value is -1.41. The standard InChI is InChI=1S/C18H24N2/c1-3-10-19-18(11-14-5-6-14)16-8-9-17-15(12-16)7-4-13(2)20-17/h4,7-9,12,14,18-19H,3,5-6,10-11H2,1-2H3. The van der Waals surface area contributed by atoms with E-state index >= 15 is 0 Å². The summed E-state index contributed by atoms with van der Waals surface area (Å²) in [6, 6.07) is 11.5. The molecule has 0 amide bonds. The molecule has 3 rings (SSSR count). The van der Waals surface area contributed by atoms with Gasteiger partial charge in [-0.3, -0.25) is 4.98 Å². The van der Waals surface area contributed by atoms with Gasteiger partial charge in [0.1, 0.15) is 0 Å². The molecule has 1 fully saturated rings. The maximum absolute atomic E-state index is 4.59. The van der Waals surface area contributed by atoms with Crippen LogP contribution in [0.25, 0.3) is 10.9 Å². The number of pyridine rings is 1. The minimum atomic E-state index is 0.508. The van der Waals surface area contributed by atoms with E-state index in [0.29, 0.717) is 6.04 Å². The van der Waals surface area contributed by atoms with E-state index in [1.807, 2.05) is 6.92 Å². The molecule has 0 radical (unpaired) electrons. The molecule has 1 aliphatic carbocycles. The van der Waals surface area contributed by atoms with E-state index in [0.717, 1.165) is 23.7 Å². The number of fused-ring (bicyclic) bond motifs is 1. The molecule has 1 unspecified atom stereocenters. The summed E-state index contributed by atoms with van der Waals surface area (Å²) in [4.78, 5) is 4.59. The smallest absolute Gasteiger partial charge is 0.0705 e. The lowest BCUT2D eigenvalue weighted by Crippen LogP contribution is -2.22.